The molecule has 1 aromatic rings. The van der Waals surface area contributed by atoms with Crippen LogP contribution in [0.5, 0.6) is 0 Å². The molecule has 0 aliphatic rings. The second kappa shape index (κ2) is 4.24. The van der Waals surface area contributed by atoms with Crippen LogP contribution in [0.25, 0.3) is 0 Å². The predicted octanol–water partition coefficient (Wildman–Crippen LogP) is 1.92. The second-order valence-electron chi connectivity index (χ2n) is 2.49. The average molecular weight is 183 g/mol. The number of nitrogens with zero attached hydrogens (tertiary/aromatic N) is 1. The van der Waals surface area contributed by atoms with Gasteiger partial charge in [-0.05, 0) is 18.1 Å². The van der Waals surface area contributed by atoms with Gasteiger partial charge >= 0.3 is 0 Å². The highest BCUT2D eigenvalue weighted by atomic mass is 35.5. The molecule has 64 valence electrons. The zero-order valence-corrected chi connectivity index (χ0v) is 7.51. The topological polar surface area (TPSA) is 38.9 Å². The molecule has 0 saturated heterocycles. The van der Waals surface area contributed by atoms with Crippen molar-refractivity contribution in [2.45, 2.75) is 13.0 Å². The highest BCUT2D eigenvalue weighted by molar-refractivity contribution is 6.30. The summed E-state index contributed by atoms with van der Waals surface area (Å²) in [6, 6.07) is 1.96. The lowest BCUT2D eigenvalue weighted by molar-refractivity contribution is 1.03. The fourth-order valence-corrected chi connectivity index (χ4v) is 1.15. The Morgan fingerprint density at radius 2 is 2.42 bits per heavy atom. The SMILES string of the molecule is C=CCc1cnc(Cl)c(CN)c1. The van der Waals surface area contributed by atoms with Gasteiger partial charge in [0.25, 0.3) is 0 Å². The molecule has 0 unspecified atom stereocenters. The van der Waals surface area contributed by atoms with Crippen LogP contribution in [0.4, 0.5) is 0 Å². The summed E-state index contributed by atoms with van der Waals surface area (Å²) in [5.41, 5.74) is 7.44. The fraction of sp³-hybridized carbons (Fsp3) is 0.222. The third-order valence-corrected chi connectivity index (χ3v) is 1.91. The maximum Gasteiger partial charge on any atom is 0.133 e. The van der Waals surface area contributed by atoms with Crippen LogP contribution in [0, 0.1) is 0 Å². The van der Waals surface area contributed by atoms with Crippen molar-refractivity contribution in [2.24, 2.45) is 5.73 Å². The van der Waals surface area contributed by atoms with Gasteiger partial charge in [0, 0.05) is 18.3 Å². The normalized spacial score (nSPS) is 9.83. The number of aromatic nitrogens is 1. The quantitative estimate of drug-likeness (QED) is 0.573. The van der Waals surface area contributed by atoms with Crippen LogP contribution >= 0.6 is 11.6 Å². The summed E-state index contributed by atoms with van der Waals surface area (Å²) in [4.78, 5) is 4.01. The van der Waals surface area contributed by atoms with E-state index >= 15 is 0 Å². The van der Waals surface area contributed by atoms with Crippen molar-refractivity contribution in [1.29, 1.82) is 0 Å². The third-order valence-electron chi connectivity index (χ3n) is 1.57. The Balaban J connectivity index is 2.96. The summed E-state index contributed by atoms with van der Waals surface area (Å²) >= 11 is 5.78. The van der Waals surface area contributed by atoms with E-state index in [2.05, 4.69) is 11.6 Å². The van der Waals surface area contributed by atoms with E-state index in [9.17, 15) is 0 Å². The summed E-state index contributed by atoms with van der Waals surface area (Å²) in [6.07, 6.45) is 4.37. The Bertz CT molecular complexity index is 284. The fourth-order valence-electron chi connectivity index (χ4n) is 0.965. The van der Waals surface area contributed by atoms with Crippen molar-refractivity contribution in [3.63, 3.8) is 0 Å². The molecule has 1 aromatic heterocycles. The number of hydrogen-bond donors (Lipinski definition) is 1. The molecule has 0 bridgehead atoms. The molecule has 0 aliphatic heterocycles. The van der Waals surface area contributed by atoms with Gasteiger partial charge < -0.3 is 5.73 Å². The smallest absolute Gasteiger partial charge is 0.133 e. The molecular formula is C9H11ClN2. The van der Waals surface area contributed by atoms with Gasteiger partial charge in [-0.3, -0.25) is 0 Å². The molecule has 2 nitrogen and oxygen atoms in total. The van der Waals surface area contributed by atoms with Gasteiger partial charge in [-0.1, -0.05) is 17.7 Å². The molecule has 12 heavy (non-hydrogen) atoms. The minimum atomic E-state index is 0.427. The van der Waals surface area contributed by atoms with E-state index in [0.29, 0.717) is 11.7 Å². The maximum absolute atomic E-state index is 5.78. The molecule has 0 spiro atoms. The molecule has 1 rings (SSSR count). The van der Waals surface area contributed by atoms with Crippen LogP contribution in [-0.4, -0.2) is 4.98 Å². The summed E-state index contributed by atoms with van der Waals surface area (Å²) in [5, 5.41) is 0.491. The molecule has 0 amide bonds. The van der Waals surface area contributed by atoms with Crippen molar-refractivity contribution in [2.75, 3.05) is 0 Å². The largest absolute Gasteiger partial charge is 0.326 e. The van der Waals surface area contributed by atoms with Gasteiger partial charge in [-0.25, -0.2) is 4.98 Å². The van der Waals surface area contributed by atoms with Crippen molar-refractivity contribution < 1.29 is 0 Å². The molecule has 0 radical (unpaired) electrons. The van der Waals surface area contributed by atoms with Crippen LogP contribution in [-0.2, 0) is 13.0 Å². The highest BCUT2D eigenvalue weighted by Crippen LogP contribution is 2.13. The van der Waals surface area contributed by atoms with E-state index in [1.165, 1.54) is 0 Å². The lowest BCUT2D eigenvalue weighted by Crippen LogP contribution is -1.99. The first-order chi connectivity index (χ1) is 5.77. The summed E-state index contributed by atoms with van der Waals surface area (Å²) in [5.74, 6) is 0. The molecule has 1 heterocycles. The molecule has 3 heteroatoms. The second-order valence-corrected chi connectivity index (χ2v) is 2.85. The van der Waals surface area contributed by atoms with E-state index in [0.717, 1.165) is 17.5 Å². The number of hydrogen-bond acceptors (Lipinski definition) is 2. The van der Waals surface area contributed by atoms with Crippen LogP contribution in [0.15, 0.2) is 24.9 Å². The van der Waals surface area contributed by atoms with Crippen molar-refractivity contribution in [1.82, 2.24) is 4.98 Å². The lowest BCUT2D eigenvalue weighted by Gasteiger charge is -2.02. The number of rotatable bonds is 3. The molecule has 0 aliphatic carbocycles. The van der Waals surface area contributed by atoms with Crippen LogP contribution in [0.1, 0.15) is 11.1 Å². The number of halogens is 1. The Kier molecular flexibility index (Phi) is 3.26. The van der Waals surface area contributed by atoms with E-state index in [1.807, 2.05) is 12.1 Å². The third kappa shape index (κ3) is 2.06. The summed E-state index contributed by atoms with van der Waals surface area (Å²) < 4.78 is 0. The summed E-state index contributed by atoms with van der Waals surface area (Å²) in [7, 11) is 0. The van der Waals surface area contributed by atoms with Crippen LogP contribution in [0.3, 0.4) is 0 Å². The zero-order chi connectivity index (χ0) is 8.97. The van der Waals surface area contributed by atoms with Crippen LogP contribution < -0.4 is 5.73 Å². The first-order valence-corrected chi connectivity index (χ1v) is 4.10. The highest BCUT2D eigenvalue weighted by Gasteiger charge is 1.99. The molecule has 2 N–H and O–H groups in total. The maximum atomic E-state index is 5.78. The molecule has 0 saturated carbocycles. The first-order valence-electron chi connectivity index (χ1n) is 3.72. The van der Waals surface area contributed by atoms with Crippen LogP contribution in [0.2, 0.25) is 5.15 Å². The van der Waals surface area contributed by atoms with Crippen molar-refractivity contribution >= 4 is 11.6 Å². The summed E-state index contributed by atoms with van der Waals surface area (Å²) in [6.45, 7) is 4.07. The van der Waals surface area contributed by atoms with Gasteiger partial charge in [-0.15, -0.1) is 6.58 Å². The van der Waals surface area contributed by atoms with E-state index in [-0.39, 0.29) is 0 Å². The lowest BCUT2D eigenvalue weighted by atomic mass is 10.1. The van der Waals surface area contributed by atoms with Gasteiger partial charge in [0.15, 0.2) is 0 Å². The van der Waals surface area contributed by atoms with E-state index in [4.69, 9.17) is 17.3 Å². The molecule has 0 atom stereocenters. The minimum Gasteiger partial charge on any atom is -0.326 e. The van der Waals surface area contributed by atoms with Crippen molar-refractivity contribution in [3.8, 4) is 0 Å². The van der Waals surface area contributed by atoms with Gasteiger partial charge in [0.1, 0.15) is 5.15 Å². The van der Waals surface area contributed by atoms with Gasteiger partial charge in [-0.2, -0.15) is 0 Å². The zero-order valence-electron chi connectivity index (χ0n) is 6.76. The van der Waals surface area contributed by atoms with Gasteiger partial charge in [0.05, 0.1) is 0 Å². The Morgan fingerprint density at radius 1 is 1.67 bits per heavy atom. The first kappa shape index (κ1) is 9.23. The molecular weight excluding hydrogens is 172 g/mol. The van der Waals surface area contributed by atoms with E-state index < -0.39 is 0 Å². The Morgan fingerprint density at radius 3 is 3.00 bits per heavy atom. The Hall–Kier alpha value is -0.860. The average Bonchev–Trinajstić information content (AvgIpc) is 2.09. The number of allylic oxidation sites excluding steroid dienone is 1. The van der Waals surface area contributed by atoms with Crippen molar-refractivity contribution in [3.05, 3.63) is 41.2 Å². The molecule has 0 aromatic carbocycles. The molecule has 0 fully saturated rings. The van der Waals surface area contributed by atoms with E-state index in [1.54, 1.807) is 6.20 Å². The van der Waals surface area contributed by atoms with Gasteiger partial charge in [0.2, 0.25) is 0 Å². The standard InChI is InChI=1S/C9H11ClN2/c1-2-3-7-4-8(5-11)9(10)12-6-7/h2,4,6H,1,3,5,11H2. The predicted molar refractivity (Wildman–Crippen MR) is 51.0 cm³/mol. The Labute approximate surface area is 77.1 Å². The monoisotopic (exact) mass is 182 g/mol. The number of pyridine rings is 1. The number of nitrogens with two attached hydrogens (primary N) is 1. The minimum absolute atomic E-state index is 0.427.